The molecule has 21 heavy (non-hydrogen) atoms. The van der Waals surface area contributed by atoms with Crippen molar-refractivity contribution in [3.05, 3.63) is 35.4 Å². The summed E-state index contributed by atoms with van der Waals surface area (Å²) in [5.41, 5.74) is 2.71. The molecule has 0 saturated heterocycles. The fraction of sp³-hybridized carbons (Fsp3) is 0.529. The summed E-state index contributed by atoms with van der Waals surface area (Å²) in [5.74, 6) is -0.788. The number of aliphatic carboxylic acids is 1. The molecule has 0 radical (unpaired) electrons. The summed E-state index contributed by atoms with van der Waals surface area (Å²) in [7, 11) is 0. The Morgan fingerprint density at radius 2 is 1.95 bits per heavy atom. The minimum atomic E-state index is -0.763. The summed E-state index contributed by atoms with van der Waals surface area (Å²) >= 11 is 0. The summed E-state index contributed by atoms with van der Waals surface area (Å²) in [6.45, 7) is 0.671. The molecule has 2 N–H and O–H groups in total. The molecule has 0 bridgehead atoms. The predicted molar refractivity (Wildman–Crippen MR) is 79.0 cm³/mol. The Morgan fingerprint density at radius 1 is 1.19 bits per heavy atom. The molecule has 1 amide bonds. The number of carboxylic acid groups (broad SMARTS) is 1. The van der Waals surface area contributed by atoms with Crippen LogP contribution in [-0.2, 0) is 16.0 Å². The highest BCUT2D eigenvalue weighted by atomic mass is 16.4. The lowest BCUT2D eigenvalue weighted by atomic mass is 9.77. The normalized spacial score (nSPS) is 27.3. The van der Waals surface area contributed by atoms with Crippen molar-refractivity contribution in [3.63, 3.8) is 0 Å². The molecule has 0 aliphatic heterocycles. The molecule has 2 aliphatic rings. The maximum Gasteiger partial charge on any atom is 0.306 e. The lowest BCUT2D eigenvalue weighted by molar-refractivity contribution is -0.144. The van der Waals surface area contributed by atoms with Crippen LogP contribution >= 0.6 is 0 Å². The molecule has 0 spiro atoms. The van der Waals surface area contributed by atoms with Gasteiger partial charge in [-0.3, -0.25) is 9.59 Å². The van der Waals surface area contributed by atoms with E-state index in [-0.39, 0.29) is 17.7 Å². The Balaban J connectivity index is 1.50. The van der Waals surface area contributed by atoms with E-state index in [9.17, 15) is 9.59 Å². The number of nitrogens with one attached hydrogen (secondary N) is 1. The van der Waals surface area contributed by atoms with Crippen LogP contribution in [0.1, 0.15) is 42.7 Å². The molecule has 1 aromatic rings. The van der Waals surface area contributed by atoms with Crippen molar-refractivity contribution in [2.75, 3.05) is 6.54 Å². The average Bonchev–Trinajstić information content (AvgIpc) is 2.48. The van der Waals surface area contributed by atoms with Crippen LogP contribution in [-0.4, -0.2) is 23.5 Å². The van der Waals surface area contributed by atoms with Crippen LogP contribution in [0, 0.1) is 11.8 Å². The van der Waals surface area contributed by atoms with Gasteiger partial charge in [0, 0.05) is 18.4 Å². The number of rotatable bonds is 4. The highest BCUT2D eigenvalue weighted by molar-refractivity contribution is 5.80. The molecule has 3 rings (SSSR count). The quantitative estimate of drug-likeness (QED) is 0.893. The van der Waals surface area contributed by atoms with Crippen molar-refractivity contribution in [3.8, 4) is 0 Å². The van der Waals surface area contributed by atoms with Gasteiger partial charge in [0.1, 0.15) is 0 Å². The van der Waals surface area contributed by atoms with Crippen LogP contribution in [0.25, 0.3) is 0 Å². The van der Waals surface area contributed by atoms with E-state index in [2.05, 4.69) is 17.4 Å². The van der Waals surface area contributed by atoms with Crippen LogP contribution < -0.4 is 5.32 Å². The SMILES string of the molecule is O=C(O)C1CCCC(C(=O)NCC2Cc3ccccc32)C1. The van der Waals surface area contributed by atoms with Crippen molar-refractivity contribution in [2.45, 2.75) is 38.0 Å². The van der Waals surface area contributed by atoms with Gasteiger partial charge in [-0.25, -0.2) is 0 Å². The Bertz CT molecular complexity index is 555. The number of hydrogen-bond donors (Lipinski definition) is 2. The average molecular weight is 287 g/mol. The first kappa shape index (κ1) is 14.1. The minimum Gasteiger partial charge on any atom is -0.481 e. The maximum atomic E-state index is 12.2. The molecule has 1 aromatic carbocycles. The van der Waals surface area contributed by atoms with Gasteiger partial charge in [-0.15, -0.1) is 0 Å². The molecular formula is C17H21NO3. The van der Waals surface area contributed by atoms with Gasteiger partial charge in [-0.2, -0.15) is 0 Å². The third-order valence-electron chi connectivity index (χ3n) is 4.88. The lowest BCUT2D eigenvalue weighted by Crippen LogP contribution is -2.39. The zero-order chi connectivity index (χ0) is 14.8. The van der Waals surface area contributed by atoms with Crippen LogP contribution in [0.5, 0.6) is 0 Å². The van der Waals surface area contributed by atoms with Crippen LogP contribution in [0.15, 0.2) is 24.3 Å². The third-order valence-corrected chi connectivity index (χ3v) is 4.88. The molecule has 1 fully saturated rings. The Labute approximate surface area is 124 Å². The molecule has 112 valence electrons. The van der Waals surface area contributed by atoms with Crippen LogP contribution in [0.3, 0.4) is 0 Å². The fourth-order valence-corrected chi connectivity index (χ4v) is 3.57. The Hall–Kier alpha value is -1.84. The second-order valence-corrected chi connectivity index (χ2v) is 6.24. The van der Waals surface area contributed by atoms with Crippen molar-refractivity contribution in [1.29, 1.82) is 0 Å². The van der Waals surface area contributed by atoms with E-state index < -0.39 is 5.97 Å². The molecule has 3 unspecified atom stereocenters. The fourth-order valence-electron chi connectivity index (χ4n) is 3.57. The highest BCUT2D eigenvalue weighted by Crippen LogP contribution is 2.34. The summed E-state index contributed by atoms with van der Waals surface area (Å²) in [4.78, 5) is 23.3. The summed E-state index contributed by atoms with van der Waals surface area (Å²) in [5, 5.41) is 12.1. The number of hydrogen-bond acceptors (Lipinski definition) is 2. The number of fused-ring (bicyclic) bond motifs is 1. The summed E-state index contributed by atoms with van der Waals surface area (Å²) in [6.07, 6.45) is 3.87. The Morgan fingerprint density at radius 3 is 2.71 bits per heavy atom. The van der Waals surface area contributed by atoms with Gasteiger partial charge < -0.3 is 10.4 Å². The molecular weight excluding hydrogens is 266 g/mol. The van der Waals surface area contributed by atoms with Crippen molar-refractivity contribution >= 4 is 11.9 Å². The molecule has 4 nitrogen and oxygen atoms in total. The van der Waals surface area contributed by atoms with Gasteiger partial charge in [0.05, 0.1) is 5.92 Å². The smallest absolute Gasteiger partial charge is 0.306 e. The number of carboxylic acids is 1. The van der Waals surface area contributed by atoms with E-state index in [0.717, 1.165) is 19.3 Å². The van der Waals surface area contributed by atoms with Gasteiger partial charge in [0.25, 0.3) is 0 Å². The van der Waals surface area contributed by atoms with Crippen molar-refractivity contribution < 1.29 is 14.7 Å². The Kier molecular flexibility index (Phi) is 3.95. The topological polar surface area (TPSA) is 66.4 Å². The van der Waals surface area contributed by atoms with Gasteiger partial charge >= 0.3 is 5.97 Å². The molecule has 0 aromatic heterocycles. The molecule has 2 aliphatic carbocycles. The second-order valence-electron chi connectivity index (χ2n) is 6.24. The maximum absolute atomic E-state index is 12.2. The van der Waals surface area contributed by atoms with E-state index in [1.807, 2.05) is 12.1 Å². The van der Waals surface area contributed by atoms with E-state index in [1.54, 1.807) is 0 Å². The monoisotopic (exact) mass is 287 g/mol. The van der Waals surface area contributed by atoms with Gasteiger partial charge in [-0.05, 0) is 36.8 Å². The number of amides is 1. The van der Waals surface area contributed by atoms with E-state index in [0.29, 0.717) is 25.3 Å². The van der Waals surface area contributed by atoms with Gasteiger partial charge in [0.15, 0.2) is 0 Å². The predicted octanol–water partition coefficient (Wildman–Crippen LogP) is 2.33. The van der Waals surface area contributed by atoms with Gasteiger partial charge in [-0.1, -0.05) is 30.7 Å². The minimum absolute atomic E-state index is 0.0327. The lowest BCUT2D eigenvalue weighted by Gasteiger charge is -2.31. The van der Waals surface area contributed by atoms with Crippen molar-refractivity contribution in [1.82, 2.24) is 5.32 Å². The number of carbonyl (C=O) groups excluding carboxylic acids is 1. The summed E-state index contributed by atoms with van der Waals surface area (Å²) < 4.78 is 0. The van der Waals surface area contributed by atoms with E-state index >= 15 is 0 Å². The third kappa shape index (κ3) is 2.94. The second kappa shape index (κ2) is 5.88. The van der Waals surface area contributed by atoms with Crippen LogP contribution in [0.2, 0.25) is 0 Å². The first-order chi connectivity index (χ1) is 10.1. The summed E-state index contributed by atoms with van der Waals surface area (Å²) in [6, 6.07) is 8.33. The first-order valence-electron chi connectivity index (χ1n) is 7.73. The number of benzene rings is 1. The van der Waals surface area contributed by atoms with E-state index in [4.69, 9.17) is 5.11 Å². The number of carbonyl (C=O) groups is 2. The highest BCUT2D eigenvalue weighted by Gasteiger charge is 2.32. The molecule has 1 saturated carbocycles. The zero-order valence-corrected chi connectivity index (χ0v) is 12.0. The molecule has 0 heterocycles. The standard InChI is InChI=1S/C17H21NO3/c19-16(12-5-3-6-13(9-12)17(20)21)18-10-14-8-11-4-1-2-7-15(11)14/h1-2,4,7,12-14H,3,5-6,8-10H2,(H,18,19)(H,20,21). The zero-order valence-electron chi connectivity index (χ0n) is 12.0. The molecule has 3 atom stereocenters. The van der Waals surface area contributed by atoms with Crippen LogP contribution in [0.4, 0.5) is 0 Å². The first-order valence-corrected chi connectivity index (χ1v) is 7.73. The van der Waals surface area contributed by atoms with Crippen molar-refractivity contribution in [2.24, 2.45) is 11.8 Å². The largest absolute Gasteiger partial charge is 0.481 e. The van der Waals surface area contributed by atoms with Gasteiger partial charge in [0.2, 0.25) is 5.91 Å². The van der Waals surface area contributed by atoms with E-state index in [1.165, 1.54) is 11.1 Å². The molecule has 4 heteroatoms.